The number of nitrogens with one attached hydrogen (secondary N) is 1. The fraction of sp³-hybridized carbons (Fsp3) is 0.150. The Hall–Kier alpha value is -3.17. The van der Waals surface area contributed by atoms with Crippen LogP contribution >= 0.6 is 11.3 Å². The second-order valence-corrected chi connectivity index (χ2v) is 6.92. The minimum atomic E-state index is -0.265. The van der Waals surface area contributed by atoms with Gasteiger partial charge in [0, 0.05) is 33.6 Å². The lowest BCUT2D eigenvalue weighted by molar-refractivity contribution is 0.417. The molecule has 4 aromatic rings. The Labute approximate surface area is 153 Å². The fourth-order valence-electron chi connectivity index (χ4n) is 3.16. The second kappa shape index (κ2) is 6.28. The molecule has 1 unspecified atom stereocenters. The highest BCUT2D eigenvalue weighted by atomic mass is 32.1. The number of ether oxygens (including phenoxy) is 1. The van der Waals surface area contributed by atoms with Crippen LogP contribution in [0, 0.1) is 11.3 Å². The van der Waals surface area contributed by atoms with Crippen LogP contribution in [0.25, 0.3) is 32.1 Å². The summed E-state index contributed by atoms with van der Waals surface area (Å²) in [6.07, 6.45) is 1.75. The van der Waals surface area contributed by atoms with Gasteiger partial charge in [-0.2, -0.15) is 5.26 Å². The van der Waals surface area contributed by atoms with Gasteiger partial charge in [-0.25, -0.2) is 0 Å². The van der Waals surface area contributed by atoms with Crippen molar-refractivity contribution in [3.8, 4) is 22.9 Å². The molecule has 1 aromatic carbocycles. The Balaban J connectivity index is 2.06. The molecule has 0 aliphatic heterocycles. The maximum Gasteiger partial charge on any atom is 0.266 e. The predicted molar refractivity (Wildman–Crippen MR) is 104 cm³/mol. The van der Waals surface area contributed by atoms with Crippen LogP contribution in [-0.4, -0.2) is 17.1 Å². The van der Waals surface area contributed by atoms with Crippen LogP contribution in [0.5, 0.6) is 5.75 Å². The van der Waals surface area contributed by atoms with Crippen LogP contribution in [0.2, 0.25) is 0 Å². The van der Waals surface area contributed by atoms with E-state index in [2.05, 4.69) is 16.0 Å². The molecule has 0 saturated carbocycles. The highest BCUT2D eigenvalue weighted by molar-refractivity contribution is 7.17. The molecule has 26 heavy (non-hydrogen) atoms. The number of nitrogens with zero attached hydrogens (tertiary/aromatic N) is 2. The van der Waals surface area contributed by atoms with Crippen molar-refractivity contribution < 1.29 is 4.74 Å². The Kier molecular flexibility index (Phi) is 3.94. The number of nitriles is 1. The standard InChI is InChI=1S/C20H15N3O2S/c1-11(9-21)14-4-3-12(10-22-14)17-16(25-2)6-5-15-18(17)13-7-8-26-19(13)20(24)23-15/h3-8,10-11H,1-2H3,(H,23,24). The molecule has 0 bridgehead atoms. The van der Waals surface area contributed by atoms with Crippen LogP contribution in [0.15, 0.2) is 46.7 Å². The number of aromatic nitrogens is 2. The number of pyridine rings is 2. The topological polar surface area (TPSA) is 78.8 Å². The van der Waals surface area contributed by atoms with Gasteiger partial charge in [-0.05, 0) is 36.6 Å². The smallest absolute Gasteiger partial charge is 0.266 e. The Morgan fingerprint density at radius 2 is 2.12 bits per heavy atom. The number of hydrogen-bond acceptors (Lipinski definition) is 5. The molecule has 0 spiro atoms. The van der Waals surface area contributed by atoms with E-state index in [1.54, 1.807) is 13.3 Å². The summed E-state index contributed by atoms with van der Waals surface area (Å²) < 4.78 is 6.28. The molecule has 1 atom stereocenters. The molecule has 0 aliphatic rings. The summed E-state index contributed by atoms with van der Waals surface area (Å²) in [5, 5.41) is 12.8. The summed E-state index contributed by atoms with van der Waals surface area (Å²) in [5.74, 6) is 0.443. The third-order valence-corrected chi connectivity index (χ3v) is 5.40. The van der Waals surface area contributed by atoms with E-state index in [9.17, 15) is 4.79 Å². The van der Waals surface area contributed by atoms with E-state index in [4.69, 9.17) is 10.00 Å². The lowest BCUT2D eigenvalue weighted by atomic mass is 9.97. The van der Waals surface area contributed by atoms with Crippen LogP contribution < -0.4 is 10.3 Å². The zero-order chi connectivity index (χ0) is 18.3. The monoisotopic (exact) mass is 361 g/mol. The number of rotatable bonds is 3. The normalized spacial score (nSPS) is 12.2. The van der Waals surface area contributed by atoms with E-state index in [1.165, 1.54) is 11.3 Å². The molecule has 0 radical (unpaired) electrons. The van der Waals surface area contributed by atoms with Gasteiger partial charge in [-0.1, -0.05) is 6.07 Å². The van der Waals surface area contributed by atoms with E-state index < -0.39 is 0 Å². The molecule has 3 heterocycles. The first-order valence-corrected chi connectivity index (χ1v) is 8.98. The first-order chi connectivity index (χ1) is 12.6. The minimum Gasteiger partial charge on any atom is -0.496 e. The van der Waals surface area contributed by atoms with Crippen molar-refractivity contribution >= 4 is 32.3 Å². The number of methoxy groups -OCH3 is 1. The van der Waals surface area contributed by atoms with Gasteiger partial charge in [-0.15, -0.1) is 11.3 Å². The summed E-state index contributed by atoms with van der Waals surface area (Å²) in [6, 6.07) is 11.7. The number of benzene rings is 1. The van der Waals surface area contributed by atoms with Crippen molar-refractivity contribution in [2.24, 2.45) is 0 Å². The van der Waals surface area contributed by atoms with Gasteiger partial charge < -0.3 is 9.72 Å². The molecule has 0 amide bonds. The molecule has 5 nitrogen and oxygen atoms in total. The molecule has 3 aromatic heterocycles. The molecule has 0 saturated heterocycles. The Morgan fingerprint density at radius 1 is 1.27 bits per heavy atom. The molecule has 4 rings (SSSR count). The van der Waals surface area contributed by atoms with Crippen molar-refractivity contribution in [3.63, 3.8) is 0 Å². The molecular weight excluding hydrogens is 346 g/mol. The summed E-state index contributed by atoms with van der Waals surface area (Å²) in [6.45, 7) is 1.82. The largest absolute Gasteiger partial charge is 0.496 e. The lowest BCUT2D eigenvalue weighted by Gasteiger charge is -2.13. The van der Waals surface area contributed by atoms with Gasteiger partial charge in [0.25, 0.3) is 5.56 Å². The van der Waals surface area contributed by atoms with E-state index >= 15 is 0 Å². The highest BCUT2D eigenvalue weighted by Crippen LogP contribution is 2.40. The van der Waals surface area contributed by atoms with Crippen LogP contribution in [0.3, 0.4) is 0 Å². The number of thiophene rings is 1. The molecule has 0 fully saturated rings. The van der Waals surface area contributed by atoms with Crippen molar-refractivity contribution in [1.82, 2.24) is 9.97 Å². The zero-order valence-corrected chi connectivity index (χ0v) is 15.1. The SMILES string of the molecule is COc1ccc2[nH]c(=O)c3sccc3c2c1-c1ccc(C(C)C#N)nc1. The van der Waals surface area contributed by atoms with Crippen LogP contribution in [0.1, 0.15) is 18.5 Å². The molecule has 6 heteroatoms. The molecule has 0 aliphatic carbocycles. The van der Waals surface area contributed by atoms with Crippen molar-refractivity contribution in [2.75, 3.05) is 7.11 Å². The van der Waals surface area contributed by atoms with Crippen LogP contribution in [0.4, 0.5) is 0 Å². The van der Waals surface area contributed by atoms with E-state index in [-0.39, 0.29) is 11.5 Å². The third kappa shape index (κ3) is 2.45. The maximum atomic E-state index is 12.3. The van der Waals surface area contributed by atoms with Gasteiger partial charge in [0.15, 0.2) is 0 Å². The lowest BCUT2D eigenvalue weighted by Crippen LogP contribution is -2.05. The summed E-state index contributed by atoms with van der Waals surface area (Å²) in [7, 11) is 1.63. The second-order valence-electron chi connectivity index (χ2n) is 6.01. The van der Waals surface area contributed by atoms with Gasteiger partial charge in [0.1, 0.15) is 10.4 Å². The first kappa shape index (κ1) is 16.3. The number of aromatic amines is 1. The molecule has 1 N–H and O–H groups in total. The van der Waals surface area contributed by atoms with Gasteiger partial charge in [0.2, 0.25) is 0 Å². The average molecular weight is 361 g/mol. The Morgan fingerprint density at radius 3 is 2.81 bits per heavy atom. The zero-order valence-electron chi connectivity index (χ0n) is 14.2. The highest BCUT2D eigenvalue weighted by Gasteiger charge is 2.17. The van der Waals surface area contributed by atoms with Crippen molar-refractivity contribution in [2.45, 2.75) is 12.8 Å². The molecular formula is C20H15N3O2S. The van der Waals surface area contributed by atoms with Gasteiger partial charge >= 0.3 is 0 Å². The number of H-pyrrole nitrogens is 1. The minimum absolute atomic E-state index is 0.0880. The van der Waals surface area contributed by atoms with Gasteiger partial charge in [-0.3, -0.25) is 9.78 Å². The maximum absolute atomic E-state index is 12.3. The van der Waals surface area contributed by atoms with Crippen LogP contribution in [-0.2, 0) is 0 Å². The quantitative estimate of drug-likeness (QED) is 0.585. The first-order valence-electron chi connectivity index (χ1n) is 8.10. The van der Waals surface area contributed by atoms with Crippen molar-refractivity contribution in [3.05, 3.63) is 58.0 Å². The van der Waals surface area contributed by atoms with Crippen molar-refractivity contribution in [1.29, 1.82) is 5.26 Å². The van der Waals surface area contributed by atoms with E-state index in [0.717, 1.165) is 33.1 Å². The average Bonchev–Trinajstić information content (AvgIpc) is 3.17. The van der Waals surface area contributed by atoms with E-state index in [1.807, 2.05) is 42.6 Å². The molecule has 128 valence electrons. The number of hydrogen-bond donors (Lipinski definition) is 1. The summed E-state index contributed by atoms with van der Waals surface area (Å²) >= 11 is 1.42. The summed E-state index contributed by atoms with van der Waals surface area (Å²) in [5.41, 5.74) is 3.15. The fourth-order valence-corrected chi connectivity index (χ4v) is 3.96. The third-order valence-electron chi connectivity index (χ3n) is 4.49. The number of fused-ring (bicyclic) bond motifs is 3. The summed E-state index contributed by atoms with van der Waals surface area (Å²) in [4.78, 5) is 19.7. The van der Waals surface area contributed by atoms with Gasteiger partial charge in [0.05, 0.1) is 24.8 Å². The van der Waals surface area contributed by atoms with E-state index in [0.29, 0.717) is 10.4 Å². The predicted octanol–water partition coefficient (Wildman–Crippen LogP) is 4.44. The Bertz CT molecular complexity index is 1220.